The second-order valence-electron chi connectivity index (χ2n) is 6.51. The number of anilines is 1. The van der Waals surface area contributed by atoms with Crippen LogP contribution in [-0.4, -0.2) is 25.1 Å². The van der Waals surface area contributed by atoms with Crippen LogP contribution in [0.4, 0.5) is 5.69 Å². The van der Waals surface area contributed by atoms with Gasteiger partial charge < -0.3 is 14.8 Å². The Morgan fingerprint density at radius 1 is 0.962 bits per heavy atom. The van der Waals surface area contributed by atoms with E-state index in [0.717, 1.165) is 22.3 Å². The average Bonchev–Trinajstić information content (AvgIpc) is 2.53. The second kappa shape index (κ2) is 8.04. The van der Waals surface area contributed by atoms with E-state index < -0.39 is 18.0 Å². The molecule has 5 nitrogen and oxygen atoms in total. The molecule has 1 atom stereocenters. The van der Waals surface area contributed by atoms with Crippen molar-refractivity contribution in [2.45, 2.75) is 40.7 Å². The lowest BCUT2D eigenvalue weighted by Gasteiger charge is -2.17. The van der Waals surface area contributed by atoms with Gasteiger partial charge in [0.05, 0.1) is 18.4 Å². The Kier molecular flexibility index (Phi) is 6.03. The number of hydrogen-bond acceptors (Lipinski definition) is 4. The SMILES string of the molecule is COc1ccc(C)cc1NC(=O)C(C)OC(=O)c1c(C)cc(C)cc1C. The molecule has 0 radical (unpaired) electrons. The van der Waals surface area contributed by atoms with Crippen LogP contribution < -0.4 is 10.1 Å². The number of methoxy groups -OCH3 is 1. The molecule has 0 heterocycles. The fourth-order valence-electron chi connectivity index (χ4n) is 2.93. The van der Waals surface area contributed by atoms with Gasteiger partial charge in [-0.25, -0.2) is 4.79 Å². The van der Waals surface area contributed by atoms with E-state index in [1.807, 2.05) is 45.9 Å². The van der Waals surface area contributed by atoms with E-state index >= 15 is 0 Å². The van der Waals surface area contributed by atoms with Gasteiger partial charge in [-0.05, 0) is 63.4 Å². The number of hydrogen-bond donors (Lipinski definition) is 1. The Balaban J connectivity index is 2.13. The predicted octanol–water partition coefficient (Wildman–Crippen LogP) is 4.11. The largest absolute Gasteiger partial charge is 0.495 e. The predicted molar refractivity (Wildman–Crippen MR) is 102 cm³/mol. The molecule has 2 rings (SSSR count). The molecule has 1 amide bonds. The number of esters is 1. The molecule has 0 spiro atoms. The summed E-state index contributed by atoms with van der Waals surface area (Å²) in [5, 5.41) is 2.76. The van der Waals surface area contributed by atoms with E-state index in [-0.39, 0.29) is 0 Å². The molecule has 1 unspecified atom stereocenters. The van der Waals surface area contributed by atoms with Crippen LogP contribution in [-0.2, 0) is 9.53 Å². The molecular formula is C21H25NO4. The molecule has 2 aromatic carbocycles. The van der Waals surface area contributed by atoms with E-state index in [0.29, 0.717) is 17.0 Å². The van der Waals surface area contributed by atoms with Crippen molar-refractivity contribution >= 4 is 17.6 Å². The molecular weight excluding hydrogens is 330 g/mol. The minimum Gasteiger partial charge on any atom is -0.495 e. The summed E-state index contributed by atoms with van der Waals surface area (Å²) in [5.41, 5.74) is 4.78. The van der Waals surface area contributed by atoms with Crippen LogP contribution in [0.3, 0.4) is 0 Å². The molecule has 0 aliphatic carbocycles. The molecule has 138 valence electrons. The van der Waals surface area contributed by atoms with E-state index in [9.17, 15) is 9.59 Å². The van der Waals surface area contributed by atoms with Crippen molar-refractivity contribution in [2.75, 3.05) is 12.4 Å². The fraction of sp³-hybridized carbons (Fsp3) is 0.333. The second-order valence-corrected chi connectivity index (χ2v) is 6.51. The van der Waals surface area contributed by atoms with Gasteiger partial charge in [-0.3, -0.25) is 4.79 Å². The number of benzene rings is 2. The maximum atomic E-state index is 12.5. The first-order valence-electron chi connectivity index (χ1n) is 8.47. The smallest absolute Gasteiger partial charge is 0.339 e. The van der Waals surface area contributed by atoms with Crippen molar-refractivity contribution in [1.29, 1.82) is 0 Å². The molecule has 0 fully saturated rings. The highest BCUT2D eigenvalue weighted by Gasteiger charge is 2.22. The molecule has 5 heteroatoms. The molecule has 26 heavy (non-hydrogen) atoms. The van der Waals surface area contributed by atoms with Crippen molar-refractivity contribution in [3.63, 3.8) is 0 Å². The highest BCUT2D eigenvalue weighted by molar-refractivity contribution is 5.99. The van der Waals surface area contributed by atoms with Crippen molar-refractivity contribution in [1.82, 2.24) is 0 Å². The van der Waals surface area contributed by atoms with E-state index in [1.54, 1.807) is 19.1 Å². The van der Waals surface area contributed by atoms with Gasteiger partial charge in [0.2, 0.25) is 0 Å². The first kappa shape index (κ1) is 19.5. The van der Waals surface area contributed by atoms with Crippen molar-refractivity contribution in [3.05, 3.63) is 58.1 Å². The third-order valence-electron chi connectivity index (χ3n) is 4.15. The molecule has 2 aromatic rings. The number of aryl methyl sites for hydroxylation is 4. The third kappa shape index (κ3) is 4.42. The van der Waals surface area contributed by atoms with Gasteiger partial charge in [-0.15, -0.1) is 0 Å². The quantitative estimate of drug-likeness (QED) is 0.820. The number of ether oxygens (including phenoxy) is 2. The standard InChI is InChI=1S/C21H25NO4/c1-12-7-8-18(25-6)17(11-12)22-20(23)16(5)26-21(24)19-14(3)9-13(2)10-15(19)4/h7-11,16H,1-6H3,(H,22,23). The summed E-state index contributed by atoms with van der Waals surface area (Å²) in [6.45, 7) is 9.16. The van der Waals surface area contributed by atoms with Crippen molar-refractivity contribution in [2.24, 2.45) is 0 Å². The van der Waals surface area contributed by atoms with Gasteiger partial charge in [-0.2, -0.15) is 0 Å². The minimum absolute atomic E-state index is 0.412. The monoisotopic (exact) mass is 355 g/mol. The number of nitrogens with one attached hydrogen (secondary N) is 1. The topological polar surface area (TPSA) is 64.6 Å². The van der Waals surface area contributed by atoms with Crippen LogP contribution in [0, 0.1) is 27.7 Å². The first-order chi connectivity index (χ1) is 12.2. The summed E-state index contributed by atoms with van der Waals surface area (Å²) < 4.78 is 10.6. The number of rotatable bonds is 5. The summed E-state index contributed by atoms with van der Waals surface area (Å²) in [5.74, 6) is -0.365. The Hall–Kier alpha value is -2.82. The summed E-state index contributed by atoms with van der Waals surface area (Å²) in [4.78, 5) is 25.0. The fourth-order valence-corrected chi connectivity index (χ4v) is 2.93. The van der Waals surface area contributed by atoms with Crippen molar-refractivity contribution < 1.29 is 19.1 Å². The number of carbonyl (C=O) groups excluding carboxylic acids is 2. The van der Waals surface area contributed by atoms with Crippen LogP contribution in [0.1, 0.15) is 39.5 Å². The molecule has 0 saturated heterocycles. The van der Waals surface area contributed by atoms with Gasteiger partial charge >= 0.3 is 5.97 Å². The Morgan fingerprint density at radius 3 is 2.15 bits per heavy atom. The van der Waals surface area contributed by atoms with E-state index in [2.05, 4.69) is 5.32 Å². The van der Waals surface area contributed by atoms with E-state index in [4.69, 9.17) is 9.47 Å². The van der Waals surface area contributed by atoms with Crippen LogP contribution >= 0.6 is 0 Å². The van der Waals surface area contributed by atoms with Gasteiger partial charge in [-0.1, -0.05) is 23.8 Å². The number of amides is 1. The lowest BCUT2D eigenvalue weighted by Crippen LogP contribution is -2.30. The number of carbonyl (C=O) groups is 2. The molecule has 0 aromatic heterocycles. The Morgan fingerprint density at radius 2 is 1.58 bits per heavy atom. The van der Waals surface area contributed by atoms with Gasteiger partial charge in [0.15, 0.2) is 6.10 Å². The highest BCUT2D eigenvalue weighted by atomic mass is 16.5. The van der Waals surface area contributed by atoms with Crippen LogP contribution in [0.15, 0.2) is 30.3 Å². The average molecular weight is 355 g/mol. The van der Waals surface area contributed by atoms with Crippen LogP contribution in [0.2, 0.25) is 0 Å². The highest BCUT2D eigenvalue weighted by Crippen LogP contribution is 2.25. The van der Waals surface area contributed by atoms with Crippen LogP contribution in [0.5, 0.6) is 5.75 Å². The summed E-state index contributed by atoms with van der Waals surface area (Å²) >= 11 is 0. The minimum atomic E-state index is -0.937. The van der Waals surface area contributed by atoms with E-state index in [1.165, 1.54) is 7.11 Å². The lowest BCUT2D eigenvalue weighted by atomic mass is 10.00. The molecule has 0 aliphatic heterocycles. The maximum absolute atomic E-state index is 12.5. The Bertz CT molecular complexity index is 819. The zero-order valence-corrected chi connectivity index (χ0v) is 16.1. The first-order valence-corrected chi connectivity index (χ1v) is 8.47. The Labute approximate surface area is 154 Å². The van der Waals surface area contributed by atoms with Gasteiger partial charge in [0.1, 0.15) is 5.75 Å². The summed E-state index contributed by atoms with van der Waals surface area (Å²) in [7, 11) is 1.53. The normalized spacial score (nSPS) is 11.6. The van der Waals surface area contributed by atoms with Gasteiger partial charge in [0, 0.05) is 0 Å². The summed E-state index contributed by atoms with van der Waals surface area (Å²) in [6.07, 6.45) is -0.937. The van der Waals surface area contributed by atoms with Crippen molar-refractivity contribution in [3.8, 4) is 5.75 Å². The zero-order valence-electron chi connectivity index (χ0n) is 16.1. The molecule has 1 N–H and O–H groups in total. The van der Waals surface area contributed by atoms with Gasteiger partial charge in [0.25, 0.3) is 5.91 Å². The molecule has 0 aliphatic rings. The molecule has 0 saturated carbocycles. The molecule has 0 bridgehead atoms. The maximum Gasteiger partial charge on any atom is 0.339 e. The van der Waals surface area contributed by atoms with Crippen LogP contribution in [0.25, 0.3) is 0 Å². The zero-order chi connectivity index (χ0) is 19.4. The summed E-state index contributed by atoms with van der Waals surface area (Å²) in [6, 6.07) is 9.32. The third-order valence-corrected chi connectivity index (χ3v) is 4.15. The lowest BCUT2D eigenvalue weighted by molar-refractivity contribution is -0.123.